The van der Waals surface area contributed by atoms with Crippen molar-refractivity contribution in [2.24, 2.45) is 0 Å². The number of rotatable bonds is 6. The molecule has 1 saturated heterocycles. The van der Waals surface area contributed by atoms with Gasteiger partial charge in [-0.25, -0.2) is 8.78 Å². The largest absolute Gasteiger partial charge is 0.496 e. The number of piperazine rings is 1. The number of methoxy groups -OCH3 is 2. The van der Waals surface area contributed by atoms with Gasteiger partial charge in [-0.05, 0) is 12.1 Å². The minimum absolute atomic E-state index is 0.272. The van der Waals surface area contributed by atoms with E-state index in [4.69, 9.17) is 9.47 Å². The Balaban J connectivity index is 2.53. The molecule has 1 aromatic carbocycles. The van der Waals surface area contributed by atoms with Crippen molar-refractivity contribution in [3.8, 4) is 11.5 Å². The lowest BCUT2D eigenvalue weighted by molar-refractivity contribution is -0.119. The third-order valence-corrected chi connectivity index (χ3v) is 3.87. The van der Waals surface area contributed by atoms with Crippen LogP contribution < -0.4 is 14.8 Å². The minimum atomic E-state index is -3.31. The molecule has 0 bridgehead atoms. The maximum Gasteiger partial charge on any atom is 0.290 e. The summed E-state index contributed by atoms with van der Waals surface area (Å²) < 4.78 is 39.5. The summed E-state index contributed by atoms with van der Waals surface area (Å²) in [5.74, 6) is -2.65. The maximum atomic E-state index is 14.5. The Morgan fingerprint density at radius 3 is 2.23 bits per heavy atom. The first-order valence-corrected chi connectivity index (χ1v) is 7.19. The number of alkyl halides is 2. The fourth-order valence-corrected chi connectivity index (χ4v) is 2.84. The summed E-state index contributed by atoms with van der Waals surface area (Å²) in [5.41, 5.74) is 0.272. The highest BCUT2D eigenvalue weighted by molar-refractivity contribution is 5.48. The van der Waals surface area contributed by atoms with Gasteiger partial charge < -0.3 is 19.9 Å². The number of benzene rings is 1. The van der Waals surface area contributed by atoms with Crippen LogP contribution in [0.4, 0.5) is 8.78 Å². The third-order valence-electron chi connectivity index (χ3n) is 3.87. The van der Waals surface area contributed by atoms with E-state index in [1.807, 2.05) is 0 Å². The van der Waals surface area contributed by atoms with Gasteiger partial charge in [0.05, 0.1) is 19.8 Å². The topological polar surface area (TPSA) is 54.0 Å². The van der Waals surface area contributed by atoms with Gasteiger partial charge in [-0.1, -0.05) is 6.07 Å². The molecule has 0 spiro atoms. The SMILES string of the molecule is COc1cccc(OC)c1[C@H](N1CCNCC1)C(F)(F)CO. The number of hydrogen-bond donors (Lipinski definition) is 2. The zero-order valence-electron chi connectivity index (χ0n) is 12.8. The highest BCUT2D eigenvalue weighted by Gasteiger charge is 2.46. The normalized spacial score (nSPS) is 18.0. The van der Waals surface area contributed by atoms with Crippen LogP contribution in [0.1, 0.15) is 11.6 Å². The fraction of sp³-hybridized carbons (Fsp3) is 0.600. The average molecular weight is 316 g/mol. The number of aliphatic hydroxyl groups excluding tert-OH is 1. The third kappa shape index (κ3) is 3.31. The van der Waals surface area contributed by atoms with Gasteiger partial charge in [0.2, 0.25) is 0 Å². The first kappa shape index (κ1) is 16.9. The van der Waals surface area contributed by atoms with Crippen LogP contribution in [0.25, 0.3) is 0 Å². The molecule has 0 radical (unpaired) electrons. The van der Waals surface area contributed by atoms with E-state index in [1.165, 1.54) is 14.2 Å². The minimum Gasteiger partial charge on any atom is -0.496 e. The van der Waals surface area contributed by atoms with Crippen molar-refractivity contribution in [1.29, 1.82) is 0 Å². The predicted molar refractivity (Wildman–Crippen MR) is 78.8 cm³/mol. The molecule has 1 aliphatic rings. The van der Waals surface area contributed by atoms with Crippen LogP contribution in [0.2, 0.25) is 0 Å². The maximum absolute atomic E-state index is 14.5. The van der Waals surface area contributed by atoms with Crippen LogP contribution in [-0.4, -0.2) is 62.9 Å². The van der Waals surface area contributed by atoms with E-state index in [0.717, 1.165) is 0 Å². The Hall–Kier alpha value is -1.44. The molecule has 1 aliphatic heterocycles. The van der Waals surface area contributed by atoms with Gasteiger partial charge in [0.1, 0.15) is 24.1 Å². The van der Waals surface area contributed by atoms with Gasteiger partial charge >= 0.3 is 0 Å². The summed E-state index contributed by atoms with van der Waals surface area (Å²) in [5, 5.41) is 12.3. The summed E-state index contributed by atoms with van der Waals surface area (Å²) in [4.78, 5) is 1.66. The molecule has 0 unspecified atom stereocenters. The summed E-state index contributed by atoms with van der Waals surface area (Å²) in [6, 6.07) is 3.64. The first-order chi connectivity index (χ1) is 10.5. The summed E-state index contributed by atoms with van der Waals surface area (Å²) >= 11 is 0. The van der Waals surface area contributed by atoms with E-state index in [-0.39, 0.29) is 5.56 Å². The zero-order valence-corrected chi connectivity index (χ0v) is 12.8. The molecule has 124 valence electrons. The van der Waals surface area contributed by atoms with Crippen LogP contribution in [0.15, 0.2) is 18.2 Å². The Morgan fingerprint density at radius 2 is 1.77 bits per heavy atom. The van der Waals surface area contributed by atoms with E-state index in [9.17, 15) is 13.9 Å². The smallest absolute Gasteiger partial charge is 0.290 e. The lowest BCUT2D eigenvalue weighted by Gasteiger charge is -2.39. The molecule has 0 aromatic heterocycles. The fourth-order valence-electron chi connectivity index (χ4n) is 2.84. The molecule has 0 amide bonds. The Bertz CT molecular complexity index is 471. The van der Waals surface area contributed by atoms with E-state index < -0.39 is 18.6 Å². The lowest BCUT2D eigenvalue weighted by Crippen LogP contribution is -2.51. The molecule has 2 N–H and O–H groups in total. The highest BCUT2D eigenvalue weighted by atomic mass is 19.3. The molecule has 0 saturated carbocycles. The lowest BCUT2D eigenvalue weighted by atomic mass is 9.96. The number of hydrogen-bond acceptors (Lipinski definition) is 5. The van der Waals surface area contributed by atoms with E-state index in [1.54, 1.807) is 23.1 Å². The highest BCUT2D eigenvalue weighted by Crippen LogP contribution is 2.44. The van der Waals surface area contributed by atoms with Gasteiger partial charge in [-0.2, -0.15) is 0 Å². The molecule has 5 nitrogen and oxygen atoms in total. The van der Waals surface area contributed by atoms with Crippen molar-refractivity contribution in [2.75, 3.05) is 47.0 Å². The molecular formula is C15H22F2N2O3. The number of nitrogens with one attached hydrogen (secondary N) is 1. The number of halogens is 2. The number of aliphatic hydroxyl groups is 1. The molecule has 1 atom stereocenters. The quantitative estimate of drug-likeness (QED) is 0.828. The van der Waals surface area contributed by atoms with E-state index >= 15 is 0 Å². The summed E-state index contributed by atoms with van der Waals surface area (Å²) in [7, 11) is 2.87. The second-order valence-corrected chi connectivity index (χ2v) is 5.18. The second-order valence-electron chi connectivity index (χ2n) is 5.18. The van der Waals surface area contributed by atoms with Crippen molar-refractivity contribution in [1.82, 2.24) is 10.2 Å². The summed E-state index contributed by atoms with van der Waals surface area (Å²) in [6.45, 7) is 0.927. The zero-order chi connectivity index (χ0) is 16.2. The number of nitrogens with zero attached hydrogens (tertiary/aromatic N) is 1. The second kappa shape index (κ2) is 7.21. The first-order valence-electron chi connectivity index (χ1n) is 7.19. The molecular weight excluding hydrogens is 294 g/mol. The molecule has 2 rings (SSSR count). The van der Waals surface area contributed by atoms with Crippen molar-refractivity contribution >= 4 is 0 Å². The standard InChI is InChI=1S/C15H22F2N2O3/c1-21-11-4-3-5-12(22-2)13(11)14(15(16,17)10-20)19-8-6-18-7-9-19/h3-5,14,18,20H,6-10H2,1-2H3/t14-/m0/s1. The van der Waals surface area contributed by atoms with Crippen molar-refractivity contribution in [3.63, 3.8) is 0 Å². The van der Waals surface area contributed by atoms with Gasteiger partial charge in [-0.15, -0.1) is 0 Å². The Labute approximate surface area is 128 Å². The van der Waals surface area contributed by atoms with Crippen LogP contribution in [0.5, 0.6) is 11.5 Å². The molecule has 1 aromatic rings. The Morgan fingerprint density at radius 1 is 1.23 bits per heavy atom. The number of ether oxygens (including phenoxy) is 2. The van der Waals surface area contributed by atoms with Crippen LogP contribution in [0.3, 0.4) is 0 Å². The molecule has 7 heteroatoms. The Kier molecular flexibility index (Phi) is 5.55. The molecule has 1 fully saturated rings. The predicted octanol–water partition coefficient (Wildman–Crippen LogP) is 1.28. The molecule has 0 aliphatic carbocycles. The van der Waals surface area contributed by atoms with Crippen LogP contribution >= 0.6 is 0 Å². The van der Waals surface area contributed by atoms with Crippen molar-refractivity contribution in [2.45, 2.75) is 12.0 Å². The van der Waals surface area contributed by atoms with Gasteiger partial charge in [0.25, 0.3) is 5.92 Å². The van der Waals surface area contributed by atoms with Crippen molar-refractivity contribution < 1.29 is 23.4 Å². The molecule has 1 heterocycles. The average Bonchev–Trinajstić information content (AvgIpc) is 2.56. The van der Waals surface area contributed by atoms with Gasteiger partial charge in [-0.3, -0.25) is 4.90 Å². The van der Waals surface area contributed by atoms with E-state index in [0.29, 0.717) is 37.7 Å². The summed E-state index contributed by atoms with van der Waals surface area (Å²) in [6.07, 6.45) is 0. The monoisotopic (exact) mass is 316 g/mol. The van der Waals surface area contributed by atoms with Gasteiger partial charge in [0.15, 0.2) is 0 Å². The van der Waals surface area contributed by atoms with Crippen LogP contribution in [-0.2, 0) is 0 Å². The van der Waals surface area contributed by atoms with E-state index in [2.05, 4.69) is 5.32 Å². The van der Waals surface area contributed by atoms with Crippen molar-refractivity contribution in [3.05, 3.63) is 23.8 Å². The molecule has 22 heavy (non-hydrogen) atoms. The van der Waals surface area contributed by atoms with Crippen LogP contribution in [0, 0.1) is 0 Å². The van der Waals surface area contributed by atoms with Gasteiger partial charge in [0, 0.05) is 26.2 Å².